The number of ether oxygens (including phenoxy) is 2. The van der Waals surface area contributed by atoms with Crippen molar-refractivity contribution in [3.8, 4) is 17.2 Å². The minimum absolute atomic E-state index is 0.558. The summed E-state index contributed by atoms with van der Waals surface area (Å²) in [5, 5.41) is 3.46. The average Bonchev–Trinajstić information content (AvgIpc) is 2.79. The standard InChI is InChI=1S/C27H25NO2/c1-21-11-13-22(14-12-21)20-29-27-10-6-5-7-23(27)19-28-24-15-17-26(18-16-24)30-25-8-3-2-4-9-25/h2-18,28H,19-20H2,1H3. The van der Waals surface area contributed by atoms with Crippen LogP contribution in [0.3, 0.4) is 0 Å². The summed E-state index contributed by atoms with van der Waals surface area (Å²) in [6.07, 6.45) is 0. The maximum absolute atomic E-state index is 6.08. The van der Waals surface area contributed by atoms with Crippen LogP contribution in [0.1, 0.15) is 16.7 Å². The predicted molar refractivity (Wildman–Crippen MR) is 122 cm³/mol. The summed E-state index contributed by atoms with van der Waals surface area (Å²) >= 11 is 0. The number of anilines is 1. The highest BCUT2D eigenvalue weighted by Gasteiger charge is 2.04. The molecule has 4 aromatic rings. The Morgan fingerprint density at radius 3 is 2.10 bits per heavy atom. The molecule has 4 aromatic carbocycles. The number of para-hydroxylation sites is 2. The molecule has 0 amide bonds. The van der Waals surface area contributed by atoms with E-state index >= 15 is 0 Å². The second-order valence-corrected chi connectivity index (χ2v) is 7.18. The van der Waals surface area contributed by atoms with Gasteiger partial charge in [0.1, 0.15) is 23.9 Å². The molecule has 0 aliphatic carbocycles. The van der Waals surface area contributed by atoms with E-state index in [0.717, 1.165) is 34.1 Å². The van der Waals surface area contributed by atoms with Gasteiger partial charge in [0, 0.05) is 17.8 Å². The van der Waals surface area contributed by atoms with Crippen molar-refractivity contribution in [1.29, 1.82) is 0 Å². The molecule has 3 nitrogen and oxygen atoms in total. The van der Waals surface area contributed by atoms with Crippen LogP contribution in [0.2, 0.25) is 0 Å². The van der Waals surface area contributed by atoms with Gasteiger partial charge >= 0.3 is 0 Å². The van der Waals surface area contributed by atoms with Gasteiger partial charge in [-0.1, -0.05) is 66.2 Å². The van der Waals surface area contributed by atoms with Gasteiger partial charge < -0.3 is 14.8 Å². The fraction of sp³-hybridized carbons (Fsp3) is 0.111. The Hall–Kier alpha value is -3.72. The molecule has 3 heteroatoms. The molecule has 0 fully saturated rings. The number of rotatable bonds is 8. The van der Waals surface area contributed by atoms with Crippen molar-refractivity contribution < 1.29 is 9.47 Å². The zero-order valence-corrected chi connectivity index (χ0v) is 17.0. The fourth-order valence-corrected chi connectivity index (χ4v) is 3.10. The second-order valence-electron chi connectivity index (χ2n) is 7.18. The van der Waals surface area contributed by atoms with Crippen LogP contribution in [0, 0.1) is 6.92 Å². The molecule has 0 heterocycles. The first-order valence-corrected chi connectivity index (χ1v) is 10.1. The van der Waals surface area contributed by atoms with E-state index in [4.69, 9.17) is 9.47 Å². The molecule has 0 radical (unpaired) electrons. The van der Waals surface area contributed by atoms with Gasteiger partial charge in [-0.15, -0.1) is 0 Å². The number of aryl methyl sites for hydroxylation is 1. The van der Waals surface area contributed by atoms with Crippen molar-refractivity contribution in [2.24, 2.45) is 0 Å². The van der Waals surface area contributed by atoms with E-state index in [9.17, 15) is 0 Å². The van der Waals surface area contributed by atoms with Gasteiger partial charge in [-0.25, -0.2) is 0 Å². The highest BCUT2D eigenvalue weighted by atomic mass is 16.5. The smallest absolute Gasteiger partial charge is 0.127 e. The van der Waals surface area contributed by atoms with Crippen molar-refractivity contribution in [2.45, 2.75) is 20.1 Å². The van der Waals surface area contributed by atoms with Gasteiger partial charge in [0.25, 0.3) is 0 Å². The predicted octanol–water partition coefficient (Wildman–Crippen LogP) is 6.98. The molecule has 0 aliphatic heterocycles. The molecule has 0 spiro atoms. The molecule has 0 aliphatic rings. The lowest BCUT2D eigenvalue weighted by molar-refractivity contribution is 0.303. The molecule has 0 aromatic heterocycles. The van der Waals surface area contributed by atoms with Gasteiger partial charge in [-0.3, -0.25) is 0 Å². The van der Waals surface area contributed by atoms with Crippen LogP contribution in [-0.2, 0) is 13.2 Å². The van der Waals surface area contributed by atoms with Crippen molar-refractivity contribution in [1.82, 2.24) is 0 Å². The minimum atomic E-state index is 0.558. The summed E-state index contributed by atoms with van der Waals surface area (Å²) in [6.45, 7) is 3.33. The van der Waals surface area contributed by atoms with Crippen LogP contribution >= 0.6 is 0 Å². The molecule has 150 valence electrons. The van der Waals surface area contributed by atoms with Crippen LogP contribution in [0.25, 0.3) is 0 Å². The number of benzene rings is 4. The second kappa shape index (κ2) is 9.66. The number of hydrogen-bond donors (Lipinski definition) is 1. The lowest BCUT2D eigenvalue weighted by Crippen LogP contribution is -2.03. The van der Waals surface area contributed by atoms with Crippen LogP contribution in [0.4, 0.5) is 5.69 Å². The van der Waals surface area contributed by atoms with E-state index in [0.29, 0.717) is 13.2 Å². The molecule has 30 heavy (non-hydrogen) atoms. The molecule has 0 saturated heterocycles. The monoisotopic (exact) mass is 395 g/mol. The van der Waals surface area contributed by atoms with E-state index in [1.54, 1.807) is 0 Å². The van der Waals surface area contributed by atoms with Crippen LogP contribution in [-0.4, -0.2) is 0 Å². The molecule has 0 atom stereocenters. The van der Waals surface area contributed by atoms with E-state index in [1.165, 1.54) is 5.56 Å². The number of hydrogen-bond acceptors (Lipinski definition) is 3. The maximum atomic E-state index is 6.08. The zero-order chi connectivity index (χ0) is 20.6. The summed E-state index contributed by atoms with van der Waals surface area (Å²) in [5.41, 5.74) is 4.57. The molecule has 0 bridgehead atoms. The Bertz CT molecular complexity index is 1060. The van der Waals surface area contributed by atoms with Crippen LogP contribution in [0.15, 0.2) is 103 Å². The lowest BCUT2D eigenvalue weighted by Gasteiger charge is -2.13. The minimum Gasteiger partial charge on any atom is -0.489 e. The first kappa shape index (κ1) is 19.6. The van der Waals surface area contributed by atoms with E-state index in [1.807, 2.05) is 72.8 Å². The van der Waals surface area contributed by atoms with E-state index in [2.05, 4.69) is 42.6 Å². The lowest BCUT2D eigenvalue weighted by atomic mass is 10.1. The summed E-state index contributed by atoms with van der Waals surface area (Å²) in [6, 6.07) is 34.3. The topological polar surface area (TPSA) is 30.5 Å². The van der Waals surface area contributed by atoms with Crippen LogP contribution in [0.5, 0.6) is 17.2 Å². The van der Waals surface area contributed by atoms with Crippen molar-refractivity contribution in [2.75, 3.05) is 5.32 Å². The Kier molecular flexibility index (Phi) is 6.31. The largest absolute Gasteiger partial charge is 0.489 e. The zero-order valence-electron chi connectivity index (χ0n) is 17.0. The van der Waals surface area contributed by atoms with E-state index in [-0.39, 0.29) is 0 Å². The average molecular weight is 396 g/mol. The summed E-state index contributed by atoms with van der Waals surface area (Å²) in [5.74, 6) is 2.54. The fourth-order valence-electron chi connectivity index (χ4n) is 3.10. The number of nitrogens with one attached hydrogen (secondary N) is 1. The molecular formula is C27H25NO2. The highest BCUT2D eigenvalue weighted by Crippen LogP contribution is 2.24. The van der Waals surface area contributed by atoms with Crippen molar-refractivity contribution >= 4 is 5.69 Å². The first-order valence-electron chi connectivity index (χ1n) is 10.1. The molecule has 4 rings (SSSR count). The van der Waals surface area contributed by atoms with Gasteiger partial charge in [0.2, 0.25) is 0 Å². The van der Waals surface area contributed by atoms with Crippen LogP contribution < -0.4 is 14.8 Å². The third-order valence-corrected chi connectivity index (χ3v) is 4.80. The molecule has 0 unspecified atom stereocenters. The Labute approximate surface area is 177 Å². The normalized spacial score (nSPS) is 10.4. The molecule has 1 N–H and O–H groups in total. The van der Waals surface area contributed by atoms with Gasteiger partial charge in [0.05, 0.1) is 0 Å². The summed E-state index contributed by atoms with van der Waals surface area (Å²) in [4.78, 5) is 0. The van der Waals surface area contributed by atoms with Gasteiger partial charge in [0.15, 0.2) is 0 Å². The quantitative estimate of drug-likeness (QED) is 0.349. The Balaban J connectivity index is 1.35. The van der Waals surface area contributed by atoms with Gasteiger partial charge in [-0.05, 0) is 55.0 Å². The molecular weight excluding hydrogens is 370 g/mol. The first-order chi connectivity index (χ1) is 14.8. The molecule has 0 saturated carbocycles. The van der Waals surface area contributed by atoms with Crippen molar-refractivity contribution in [3.05, 3.63) is 120 Å². The van der Waals surface area contributed by atoms with E-state index < -0.39 is 0 Å². The Morgan fingerprint density at radius 2 is 1.33 bits per heavy atom. The Morgan fingerprint density at radius 1 is 0.667 bits per heavy atom. The van der Waals surface area contributed by atoms with Crippen molar-refractivity contribution in [3.63, 3.8) is 0 Å². The third-order valence-electron chi connectivity index (χ3n) is 4.80. The third kappa shape index (κ3) is 5.42. The summed E-state index contributed by atoms with van der Waals surface area (Å²) in [7, 11) is 0. The maximum Gasteiger partial charge on any atom is 0.127 e. The van der Waals surface area contributed by atoms with Gasteiger partial charge in [-0.2, -0.15) is 0 Å². The summed E-state index contributed by atoms with van der Waals surface area (Å²) < 4.78 is 11.9. The highest BCUT2D eigenvalue weighted by molar-refractivity contribution is 5.48. The SMILES string of the molecule is Cc1ccc(COc2ccccc2CNc2ccc(Oc3ccccc3)cc2)cc1.